The third-order valence-corrected chi connectivity index (χ3v) is 8.62. The Balaban J connectivity index is 1.11. The maximum Gasteiger partial charge on any atom is 0.241 e. The lowest BCUT2D eigenvalue weighted by atomic mass is 9.94. The molecule has 42 heavy (non-hydrogen) atoms. The van der Waals surface area contributed by atoms with E-state index in [1.165, 1.54) is 6.20 Å². The van der Waals surface area contributed by atoms with E-state index in [1.807, 2.05) is 4.90 Å². The molecule has 6 rings (SSSR count). The van der Waals surface area contributed by atoms with Gasteiger partial charge in [-0.05, 0) is 12.8 Å². The number of carbonyl (C=O) groups excluding carboxylic acids is 2. The van der Waals surface area contributed by atoms with Crippen LogP contribution in [0.1, 0.15) is 12.8 Å². The third kappa shape index (κ3) is 5.14. The highest BCUT2D eigenvalue weighted by Gasteiger charge is 2.48. The van der Waals surface area contributed by atoms with Crippen LogP contribution in [0, 0.1) is 28.1 Å². The molecular weight excluding hydrogens is 556 g/mol. The molecule has 2 bridgehead atoms. The zero-order chi connectivity index (χ0) is 29.6. The number of amides is 2. The van der Waals surface area contributed by atoms with Crippen LogP contribution in [0.25, 0.3) is 0 Å². The van der Waals surface area contributed by atoms with Crippen molar-refractivity contribution in [2.45, 2.75) is 25.0 Å². The second-order valence-corrected chi connectivity index (χ2v) is 11.1. The van der Waals surface area contributed by atoms with Gasteiger partial charge in [-0.1, -0.05) is 0 Å². The van der Waals surface area contributed by atoms with Crippen molar-refractivity contribution >= 4 is 29.4 Å². The van der Waals surface area contributed by atoms with Crippen molar-refractivity contribution in [3.05, 3.63) is 52.5 Å². The van der Waals surface area contributed by atoms with E-state index < -0.39 is 34.4 Å². The number of rotatable bonds is 5. The highest BCUT2D eigenvalue weighted by Crippen LogP contribution is 2.38. The van der Waals surface area contributed by atoms with Gasteiger partial charge >= 0.3 is 0 Å². The topological polar surface area (TPSA) is 166 Å². The van der Waals surface area contributed by atoms with Crippen LogP contribution in [0.15, 0.2) is 41.3 Å². The molecule has 5 aliphatic rings. The summed E-state index contributed by atoms with van der Waals surface area (Å²) < 4.78 is 32.4. The van der Waals surface area contributed by atoms with Crippen LogP contribution < -0.4 is 16.0 Å². The summed E-state index contributed by atoms with van der Waals surface area (Å²) in [5.41, 5.74) is 5.94. The highest BCUT2D eigenvalue weighted by atomic mass is 19.1. The standard InChI is InChI=1S/C26H32F2N9O5/c27-17-9-31-21-13-37(41,36(40)12-17)24(29)22(21)25(38)32-20-11-30-10-19(28)23(20)34-3-1-16(2-4-34)26(39)35-7-5-33(6-8-35)18-14-42-15-18/h9-13,16,18,22,24H,1-8,14-15,29H2,(H,32,38)/q-1. The number of hydrogen-bond acceptors (Lipinski definition) is 11. The lowest BCUT2D eigenvalue weighted by Gasteiger charge is -2.50. The molecule has 0 radical (unpaired) electrons. The number of quaternary nitrogens is 1. The lowest BCUT2D eigenvalue weighted by molar-refractivity contribution is -0.951. The Hall–Kier alpha value is -3.54. The van der Waals surface area contributed by atoms with Gasteiger partial charge in [-0.15, -0.1) is 0 Å². The number of nitrogens with two attached hydrogens (primary N) is 1. The van der Waals surface area contributed by atoms with Crippen LogP contribution in [0.2, 0.25) is 0 Å². The van der Waals surface area contributed by atoms with Gasteiger partial charge in [-0.2, -0.15) is 0 Å². The number of ether oxygens (including phenoxy) is 1. The van der Waals surface area contributed by atoms with Crippen LogP contribution >= 0.6 is 0 Å². The molecule has 3 fully saturated rings. The number of hydrogen-bond donors (Lipinski definition) is 2. The summed E-state index contributed by atoms with van der Waals surface area (Å²) in [6, 6.07) is 0.444. The summed E-state index contributed by atoms with van der Waals surface area (Å²) in [5.74, 6) is -4.09. The highest BCUT2D eigenvalue weighted by molar-refractivity contribution is 5.98. The maximum atomic E-state index is 15.1. The average molecular weight is 589 g/mol. The summed E-state index contributed by atoms with van der Waals surface area (Å²) in [5, 5.41) is 27.7. The molecule has 1 aromatic rings. The molecule has 3 atom stereocenters. The number of halogens is 2. The fraction of sp³-hybridized carbons (Fsp3) is 0.538. The summed E-state index contributed by atoms with van der Waals surface area (Å²) >= 11 is 0. The van der Waals surface area contributed by atoms with Gasteiger partial charge in [0, 0.05) is 45.2 Å². The Labute approximate surface area is 240 Å². The quantitative estimate of drug-likeness (QED) is 0.367. The number of anilines is 2. The molecule has 16 heteroatoms. The molecule has 0 aromatic carbocycles. The molecule has 226 valence electrons. The molecular formula is C26H32F2N9O5-. The van der Waals surface area contributed by atoms with Crippen molar-refractivity contribution in [2.24, 2.45) is 22.6 Å². The summed E-state index contributed by atoms with van der Waals surface area (Å²) in [4.78, 5) is 40.3. The second kappa shape index (κ2) is 11.3. The van der Waals surface area contributed by atoms with Gasteiger partial charge in [0.1, 0.15) is 17.6 Å². The molecule has 6 heterocycles. The van der Waals surface area contributed by atoms with Gasteiger partial charge in [0.2, 0.25) is 11.8 Å². The van der Waals surface area contributed by atoms with Crippen molar-refractivity contribution < 1.29 is 27.9 Å². The normalized spacial score (nSPS) is 29.0. The first-order valence-electron chi connectivity index (χ1n) is 13.9. The van der Waals surface area contributed by atoms with Gasteiger partial charge in [-0.25, -0.2) is 13.5 Å². The minimum atomic E-state index is -1.86. The number of aliphatic imine (C=N–C) groups is 1. The van der Waals surface area contributed by atoms with Crippen LogP contribution in [0.4, 0.5) is 20.2 Å². The fourth-order valence-corrected chi connectivity index (χ4v) is 6.10. The minimum absolute atomic E-state index is 0.0328. The van der Waals surface area contributed by atoms with E-state index in [9.17, 15) is 24.4 Å². The molecule has 14 nitrogen and oxygen atoms in total. The molecule has 2 amide bonds. The largest absolute Gasteiger partial charge is 0.711 e. The van der Waals surface area contributed by atoms with E-state index >= 15 is 4.39 Å². The number of fused-ring (bicyclic) bond motifs is 1. The van der Waals surface area contributed by atoms with Crippen molar-refractivity contribution in [3.8, 4) is 0 Å². The Morgan fingerprint density at radius 2 is 1.81 bits per heavy atom. The number of piperazine rings is 1. The van der Waals surface area contributed by atoms with Gasteiger partial charge < -0.3 is 30.3 Å². The number of piperidine rings is 1. The van der Waals surface area contributed by atoms with Crippen molar-refractivity contribution in [3.63, 3.8) is 0 Å². The average Bonchev–Trinajstić information content (AvgIpc) is 3.22. The Bertz CT molecular complexity index is 1320. The monoisotopic (exact) mass is 588 g/mol. The Morgan fingerprint density at radius 3 is 2.48 bits per heavy atom. The Kier molecular flexibility index (Phi) is 7.67. The van der Waals surface area contributed by atoms with E-state index in [4.69, 9.17) is 10.5 Å². The van der Waals surface area contributed by atoms with Gasteiger partial charge in [0.05, 0.1) is 49.8 Å². The SMILES string of the molecule is NC1C(C(=O)Nc2cncc(F)c2N2CCC(C(=O)N3CCN(C4COC4)CC3)CC2)C2=C[N+]1([O-])N([O-])C=C(F)C=N2. The molecule has 5 aliphatic heterocycles. The van der Waals surface area contributed by atoms with Crippen molar-refractivity contribution in [2.75, 3.05) is 62.7 Å². The molecule has 0 spiro atoms. The predicted octanol–water partition coefficient (Wildman–Crippen LogP) is 0.599. The van der Waals surface area contributed by atoms with Crippen LogP contribution in [-0.4, -0.2) is 107 Å². The van der Waals surface area contributed by atoms with E-state index in [0.717, 1.165) is 38.7 Å². The number of nitrogens with one attached hydrogen (secondary N) is 1. The number of carbonyl (C=O) groups is 2. The van der Waals surface area contributed by atoms with Gasteiger partial charge in [0.15, 0.2) is 23.7 Å². The summed E-state index contributed by atoms with van der Waals surface area (Å²) in [7, 11) is 0. The molecule has 3 N–H and O–H groups in total. The van der Waals surface area contributed by atoms with E-state index in [-0.39, 0.29) is 34.1 Å². The van der Waals surface area contributed by atoms with Crippen LogP contribution in [-0.2, 0) is 14.3 Å². The molecule has 3 unspecified atom stereocenters. The minimum Gasteiger partial charge on any atom is -0.711 e. The van der Waals surface area contributed by atoms with E-state index in [1.54, 1.807) is 4.90 Å². The van der Waals surface area contributed by atoms with Gasteiger partial charge in [0.25, 0.3) is 0 Å². The fourth-order valence-electron chi connectivity index (χ4n) is 6.10. The predicted molar refractivity (Wildman–Crippen MR) is 147 cm³/mol. The van der Waals surface area contributed by atoms with Crippen molar-refractivity contribution in [1.82, 2.24) is 20.0 Å². The van der Waals surface area contributed by atoms with Crippen molar-refractivity contribution in [1.29, 1.82) is 0 Å². The van der Waals surface area contributed by atoms with E-state index in [0.29, 0.717) is 57.5 Å². The number of nitrogens with zero attached hydrogens (tertiary/aromatic N) is 7. The second-order valence-electron chi connectivity index (χ2n) is 11.1. The maximum absolute atomic E-state index is 15.1. The first-order chi connectivity index (χ1) is 20.2. The molecule has 0 aliphatic carbocycles. The smallest absolute Gasteiger partial charge is 0.241 e. The first-order valence-corrected chi connectivity index (χ1v) is 13.9. The van der Waals surface area contributed by atoms with Crippen LogP contribution in [0.5, 0.6) is 0 Å². The lowest BCUT2D eigenvalue weighted by Crippen LogP contribution is -2.59. The number of aromatic nitrogens is 1. The number of pyridine rings is 1. The zero-order valence-electron chi connectivity index (χ0n) is 22.8. The first kappa shape index (κ1) is 28.6. The zero-order valence-corrected chi connectivity index (χ0v) is 22.8. The van der Waals surface area contributed by atoms with E-state index in [2.05, 4.69) is 20.2 Å². The number of hydroxylamine groups is 3. The van der Waals surface area contributed by atoms with Crippen LogP contribution in [0.3, 0.4) is 0 Å². The molecule has 0 saturated carbocycles. The molecule has 1 aromatic heterocycles. The van der Waals surface area contributed by atoms with Gasteiger partial charge in [-0.3, -0.25) is 35.4 Å². The molecule has 3 saturated heterocycles. The number of allylic oxidation sites excluding steroid dienone is 1. The summed E-state index contributed by atoms with van der Waals surface area (Å²) in [6.45, 7) is 5.21. The Morgan fingerprint density at radius 1 is 1.10 bits per heavy atom. The summed E-state index contributed by atoms with van der Waals surface area (Å²) in [6.07, 6.45) is 3.60. The third-order valence-electron chi connectivity index (χ3n) is 8.62.